The summed E-state index contributed by atoms with van der Waals surface area (Å²) >= 11 is 6.03. The third kappa shape index (κ3) is 14.1. The van der Waals surface area contributed by atoms with Crippen molar-refractivity contribution >= 4 is 41.0 Å². The minimum atomic E-state index is -0.0549. The summed E-state index contributed by atoms with van der Waals surface area (Å²) in [5.74, 6) is 4.32. The summed E-state index contributed by atoms with van der Waals surface area (Å²) in [5, 5.41) is 3.40. The van der Waals surface area contributed by atoms with Crippen LogP contribution in [0.4, 0.5) is 17.6 Å². The van der Waals surface area contributed by atoms with Gasteiger partial charge in [0.25, 0.3) is 11.8 Å². The third-order valence-electron chi connectivity index (χ3n) is 12.2. The molecule has 4 aliphatic heterocycles. The summed E-state index contributed by atoms with van der Waals surface area (Å²) in [5.41, 5.74) is 8.64. The molecule has 4 aliphatic rings. The molecular formula is C50H71ClN10O4. The molecule has 3 N–H and O–H groups in total. The fraction of sp³-hybridized carbons (Fsp3) is 0.560. The highest BCUT2D eigenvalue weighted by atomic mass is 35.5. The number of hydrogen-bond donors (Lipinski definition) is 2. The number of hydrogen-bond acceptors (Lipinski definition) is 12. The molecule has 0 aliphatic carbocycles. The number of fused-ring (bicyclic) bond motifs is 2. The van der Waals surface area contributed by atoms with Crippen molar-refractivity contribution in [1.29, 1.82) is 0 Å². The van der Waals surface area contributed by atoms with Crippen molar-refractivity contribution in [3.63, 3.8) is 0 Å². The summed E-state index contributed by atoms with van der Waals surface area (Å²) < 4.78 is 11.2. The molecule has 2 saturated heterocycles. The molecule has 2 amide bonds. The molecule has 14 nitrogen and oxygen atoms in total. The van der Waals surface area contributed by atoms with Crippen LogP contribution in [0.3, 0.4) is 0 Å². The van der Waals surface area contributed by atoms with Gasteiger partial charge < -0.3 is 30.3 Å². The van der Waals surface area contributed by atoms with Gasteiger partial charge in [0.15, 0.2) is 0 Å². The number of piperidine rings is 2. The van der Waals surface area contributed by atoms with Gasteiger partial charge in [-0.25, -0.2) is 15.0 Å². The second kappa shape index (κ2) is 23.5. The largest absolute Gasteiger partial charge is 0.493 e. The fourth-order valence-corrected chi connectivity index (χ4v) is 8.78. The maximum Gasteiger partial charge on any atom is 0.259 e. The van der Waals surface area contributed by atoms with Crippen LogP contribution in [0, 0.1) is 11.8 Å². The van der Waals surface area contributed by atoms with Gasteiger partial charge in [-0.1, -0.05) is 13.8 Å². The summed E-state index contributed by atoms with van der Waals surface area (Å²) in [7, 11) is 0. The van der Waals surface area contributed by atoms with Crippen molar-refractivity contribution in [2.75, 3.05) is 67.6 Å². The Balaban J connectivity index is 0.000000200. The molecule has 65 heavy (non-hydrogen) atoms. The molecular weight excluding hydrogens is 840 g/mol. The van der Waals surface area contributed by atoms with Crippen LogP contribution in [-0.2, 0) is 12.8 Å². The Labute approximate surface area is 391 Å². The lowest BCUT2D eigenvalue weighted by atomic mass is 9.95. The van der Waals surface area contributed by atoms with Crippen LogP contribution < -0.4 is 30.3 Å². The maximum absolute atomic E-state index is 13.7. The van der Waals surface area contributed by atoms with Crippen LogP contribution in [0.1, 0.15) is 113 Å². The SMILES string of the molecule is CC(C)N.CC(C)N1CCC(CN(C(=O)c2ccc3c(c2)CCO3)c2ccnc(Cl)n2)CC1.CC(C)Nc1nccc(N(CC2CCN(C(C)C)CC2)C(=O)c2ccc3c(c2)CCO3)n1. The van der Waals surface area contributed by atoms with E-state index in [1.54, 1.807) is 23.4 Å². The molecule has 0 spiro atoms. The molecule has 2 fully saturated rings. The van der Waals surface area contributed by atoms with Crippen molar-refractivity contribution in [3.05, 3.63) is 88.5 Å². The first-order valence-electron chi connectivity index (χ1n) is 23.6. The predicted molar refractivity (Wildman–Crippen MR) is 261 cm³/mol. The molecule has 4 aromatic rings. The molecule has 0 bridgehead atoms. The van der Waals surface area contributed by atoms with Crippen molar-refractivity contribution in [3.8, 4) is 11.5 Å². The number of amides is 2. The standard InChI is InChI=1S/C25H35N5O2.C22H27ClN4O2.C3H9N/c1-17(2)27-25-26-11-7-23(28-25)30(16-19-8-12-29(13-9-19)18(3)4)24(31)21-5-6-22-20(15-21)10-14-32-22;1-15(2)26-10-6-16(7-11-26)14-27(20-5-9-24-22(23)25-20)21(28)18-3-4-19-17(13-18)8-12-29-19;1-3(2)4/h5-7,11,15,17-19H,8-10,12-14,16H2,1-4H3,(H,26,27,28);3-5,9,13,15-16H,6-8,10-12,14H2,1-2H3;3H,4H2,1-2H3. The molecule has 15 heteroatoms. The Morgan fingerprint density at radius 1 is 0.692 bits per heavy atom. The monoisotopic (exact) mass is 911 g/mol. The molecule has 0 atom stereocenters. The Morgan fingerprint density at radius 2 is 1.12 bits per heavy atom. The zero-order valence-corrected chi connectivity index (χ0v) is 40.6. The van der Waals surface area contributed by atoms with E-state index < -0.39 is 0 Å². The number of nitrogens with one attached hydrogen (secondary N) is 1. The summed E-state index contributed by atoms with van der Waals surface area (Å²) in [6.45, 7) is 23.9. The summed E-state index contributed by atoms with van der Waals surface area (Å²) in [4.78, 5) is 53.1. The van der Waals surface area contributed by atoms with Crippen LogP contribution >= 0.6 is 11.6 Å². The molecule has 2 aromatic heterocycles. The number of carbonyl (C=O) groups is 2. The molecule has 0 saturated carbocycles. The lowest BCUT2D eigenvalue weighted by molar-refractivity contribution is 0.0962. The van der Waals surface area contributed by atoms with Crippen molar-refractivity contribution in [1.82, 2.24) is 29.7 Å². The number of carbonyl (C=O) groups excluding carboxylic acids is 2. The van der Waals surface area contributed by atoms with Crippen LogP contribution in [0.5, 0.6) is 11.5 Å². The Hall–Kier alpha value is -4.89. The van der Waals surface area contributed by atoms with E-state index in [1.165, 1.54) is 0 Å². The zero-order valence-electron chi connectivity index (χ0n) is 39.8. The van der Waals surface area contributed by atoms with E-state index in [4.69, 9.17) is 26.8 Å². The van der Waals surface area contributed by atoms with E-state index in [9.17, 15) is 9.59 Å². The van der Waals surface area contributed by atoms with Gasteiger partial charge in [-0.2, -0.15) is 4.98 Å². The van der Waals surface area contributed by atoms with Gasteiger partial charge in [-0.05, 0) is 183 Å². The van der Waals surface area contributed by atoms with Crippen molar-refractivity contribution < 1.29 is 19.1 Å². The number of rotatable bonds is 12. The molecule has 352 valence electrons. The van der Waals surface area contributed by atoms with Crippen LogP contribution in [0.25, 0.3) is 0 Å². The van der Waals surface area contributed by atoms with Gasteiger partial charge in [0.1, 0.15) is 23.1 Å². The first-order valence-corrected chi connectivity index (χ1v) is 24.0. The summed E-state index contributed by atoms with van der Waals surface area (Å²) in [6.07, 6.45) is 9.32. The smallest absolute Gasteiger partial charge is 0.259 e. The second-order valence-corrected chi connectivity index (χ2v) is 19.1. The average molecular weight is 912 g/mol. The number of nitrogens with two attached hydrogens (primary N) is 1. The quantitative estimate of drug-likeness (QED) is 0.132. The number of halogens is 1. The number of benzene rings is 2. The Kier molecular flexibility index (Phi) is 17.9. The fourth-order valence-electron chi connectivity index (χ4n) is 8.64. The minimum Gasteiger partial charge on any atom is -0.493 e. The predicted octanol–water partition coefficient (Wildman–Crippen LogP) is 8.18. The first kappa shape index (κ1) is 49.5. The first-order chi connectivity index (χ1) is 31.1. The van der Waals surface area contributed by atoms with E-state index in [-0.39, 0.29) is 23.1 Å². The van der Waals surface area contributed by atoms with Gasteiger partial charge >= 0.3 is 0 Å². The van der Waals surface area contributed by atoms with E-state index in [1.807, 2.05) is 75.1 Å². The third-order valence-corrected chi connectivity index (χ3v) is 12.4. The minimum absolute atomic E-state index is 0.0137. The Bertz CT molecular complexity index is 2170. The number of ether oxygens (including phenoxy) is 2. The van der Waals surface area contributed by atoms with Crippen LogP contribution in [0.2, 0.25) is 5.28 Å². The normalized spacial score (nSPS) is 16.5. The number of aromatic nitrogens is 4. The lowest BCUT2D eigenvalue weighted by Crippen LogP contribution is -2.43. The van der Waals surface area contributed by atoms with Gasteiger partial charge in [0.05, 0.1) is 13.2 Å². The van der Waals surface area contributed by atoms with E-state index in [0.29, 0.717) is 85.0 Å². The van der Waals surface area contributed by atoms with Gasteiger partial charge in [-0.3, -0.25) is 19.4 Å². The van der Waals surface area contributed by atoms with Crippen LogP contribution in [-0.4, -0.2) is 118 Å². The zero-order chi connectivity index (χ0) is 46.6. The highest BCUT2D eigenvalue weighted by Gasteiger charge is 2.30. The maximum atomic E-state index is 13.7. The number of likely N-dealkylation sites (tertiary alicyclic amines) is 2. The lowest BCUT2D eigenvalue weighted by Gasteiger charge is -2.36. The van der Waals surface area contributed by atoms with Crippen molar-refractivity contribution in [2.45, 2.75) is 118 Å². The molecule has 0 unspecified atom stereocenters. The molecule has 6 heterocycles. The summed E-state index contributed by atoms with van der Waals surface area (Å²) in [6, 6.07) is 16.7. The molecule has 2 aromatic carbocycles. The second-order valence-electron chi connectivity index (χ2n) is 18.8. The van der Waals surface area contributed by atoms with Gasteiger partial charge in [0, 0.05) is 67.6 Å². The van der Waals surface area contributed by atoms with E-state index >= 15 is 0 Å². The highest BCUT2D eigenvalue weighted by molar-refractivity contribution is 6.28. The van der Waals surface area contributed by atoms with Crippen molar-refractivity contribution in [2.24, 2.45) is 17.6 Å². The van der Waals surface area contributed by atoms with Gasteiger partial charge in [-0.15, -0.1) is 0 Å². The molecule has 8 rings (SSSR count). The topological polar surface area (TPSA) is 155 Å². The van der Waals surface area contributed by atoms with Gasteiger partial charge in [0.2, 0.25) is 11.2 Å². The number of anilines is 3. The van der Waals surface area contributed by atoms with Crippen LogP contribution in [0.15, 0.2) is 60.9 Å². The van der Waals surface area contributed by atoms with E-state index in [2.05, 4.69) is 62.7 Å². The highest BCUT2D eigenvalue weighted by Crippen LogP contribution is 2.31. The molecule has 0 radical (unpaired) electrons. The average Bonchev–Trinajstić information content (AvgIpc) is 3.97. The van der Waals surface area contributed by atoms with E-state index in [0.717, 1.165) is 87.3 Å². The Morgan fingerprint density at radius 3 is 1.54 bits per heavy atom. The number of nitrogens with zero attached hydrogens (tertiary/aromatic N) is 8.